The van der Waals surface area contributed by atoms with E-state index in [1.165, 1.54) is 25.2 Å². The van der Waals surface area contributed by atoms with Crippen LogP contribution in [-0.4, -0.2) is 17.9 Å². The standard InChI is InChI=1S/C8H7ClN2O3/c1-10-8(12)5-2-6(9)4-7(3-5)11(13)14/h2-4H,1H3,(H,10,12). The van der Waals surface area contributed by atoms with Crippen LogP contribution in [0.4, 0.5) is 5.69 Å². The predicted molar refractivity (Wildman–Crippen MR) is 51.5 cm³/mol. The van der Waals surface area contributed by atoms with Gasteiger partial charge in [0.15, 0.2) is 0 Å². The Labute approximate surface area is 84.8 Å². The molecule has 0 spiro atoms. The molecule has 0 aliphatic carbocycles. The van der Waals surface area contributed by atoms with Crippen LogP contribution >= 0.6 is 11.6 Å². The van der Waals surface area contributed by atoms with E-state index in [9.17, 15) is 14.9 Å². The van der Waals surface area contributed by atoms with E-state index in [-0.39, 0.29) is 16.3 Å². The summed E-state index contributed by atoms with van der Waals surface area (Å²) in [7, 11) is 1.44. The van der Waals surface area contributed by atoms with Gasteiger partial charge in [0.1, 0.15) is 0 Å². The minimum absolute atomic E-state index is 0.165. The Balaban J connectivity index is 3.20. The van der Waals surface area contributed by atoms with Gasteiger partial charge in [-0.3, -0.25) is 14.9 Å². The summed E-state index contributed by atoms with van der Waals surface area (Å²) < 4.78 is 0. The van der Waals surface area contributed by atoms with Crippen LogP contribution in [0.25, 0.3) is 0 Å². The highest BCUT2D eigenvalue weighted by Crippen LogP contribution is 2.20. The summed E-state index contributed by atoms with van der Waals surface area (Å²) in [5, 5.41) is 13.0. The van der Waals surface area contributed by atoms with Crippen LogP contribution in [0.1, 0.15) is 10.4 Å². The molecule has 0 saturated heterocycles. The Morgan fingerprint density at radius 1 is 1.50 bits per heavy atom. The molecule has 0 bridgehead atoms. The highest BCUT2D eigenvalue weighted by molar-refractivity contribution is 6.31. The van der Waals surface area contributed by atoms with Crippen molar-refractivity contribution in [2.24, 2.45) is 0 Å². The van der Waals surface area contributed by atoms with Crippen LogP contribution < -0.4 is 5.32 Å². The van der Waals surface area contributed by atoms with Gasteiger partial charge in [0.2, 0.25) is 0 Å². The number of amides is 1. The molecule has 6 heteroatoms. The first-order valence-electron chi connectivity index (χ1n) is 3.71. The second-order valence-electron chi connectivity index (χ2n) is 2.53. The lowest BCUT2D eigenvalue weighted by Crippen LogP contribution is -2.17. The Bertz CT molecular complexity index is 392. The molecule has 0 heterocycles. The van der Waals surface area contributed by atoms with Crippen molar-refractivity contribution in [3.63, 3.8) is 0 Å². The van der Waals surface area contributed by atoms with Crippen molar-refractivity contribution in [1.29, 1.82) is 0 Å². The largest absolute Gasteiger partial charge is 0.355 e. The number of hydrogen-bond donors (Lipinski definition) is 1. The number of non-ortho nitro benzene ring substituents is 1. The first-order valence-corrected chi connectivity index (χ1v) is 4.09. The topological polar surface area (TPSA) is 72.2 Å². The summed E-state index contributed by atoms with van der Waals surface area (Å²) in [5.41, 5.74) is -0.0252. The van der Waals surface area contributed by atoms with Crippen molar-refractivity contribution in [3.8, 4) is 0 Å². The Morgan fingerprint density at radius 2 is 2.14 bits per heavy atom. The number of nitro benzene ring substituents is 1. The highest BCUT2D eigenvalue weighted by atomic mass is 35.5. The number of carbonyl (C=O) groups is 1. The van der Waals surface area contributed by atoms with E-state index < -0.39 is 10.8 Å². The third-order valence-electron chi connectivity index (χ3n) is 1.58. The molecule has 0 aliphatic rings. The molecule has 74 valence electrons. The van der Waals surface area contributed by atoms with Gasteiger partial charge in [0.25, 0.3) is 11.6 Å². The van der Waals surface area contributed by atoms with Crippen molar-refractivity contribution in [3.05, 3.63) is 38.9 Å². The predicted octanol–water partition coefficient (Wildman–Crippen LogP) is 1.61. The van der Waals surface area contributed by atoms with Gasteiger partial charge in [-0.1, -0.05) is 11.6 Å². The first kappa shape index (κ1) is 10.5. The maximum absolute atomic E-state index is 11.1. The zero-order valence-corrected chi connectivity index (χ0v) is 8.04. The smallest absolute Gasteiger partial charge is 0.271 e. The summed E-state index contributed by atoms with van der Waals surface area (Å²) in [6.07, 6.45) is 0. The van der Waals surface area contributed by atoms with Crippen molar-refractivity contribution in [1.82, 2.24) is 5.32 Å². The molecule has 14 heavy (non-hydrogen) atoms. The van der Waals surface area contributed by atoms with Crippen LogP contribution in [0.2, 0.25) is 5.02 Å². The number of nitro groups is 1. The van der Waals surface area contributed by atoms with Crippen molar-refractivity contribution in [2.45, 2.75) is 0 Å². The highest BCUT2D eigenvalue weighted by Gasteiger charge is 2.12. The van der Waals surface area contributed by atoms with E-state index in [0.29, 0.717) is 0 Å². The zero-order valence-electron chi connectivity index (χ0n) is 7.28. The molecule has 0 atom stereocenters. The molecule has 1 rings (SSSR count). The van der Waals surface area contributed by atoms with Crippen LogP contribution in [0.15, 0.2) is 18.2 Å². The average Bonchev–Trinajstić information content (AvgIpc) is 2.15. The molecule has 1 amide bonds. The summed E-state index contributed by atoms with van der Waals surface area (Å²) in [6.45, 7) is 0. The molecule has 1 aromatic rings. The normalized spacial score (nSPS) is 9.57. The molecule has 0 saturated carbocycles. The van der Waals surface area contributed by atoms with E-state index in [4.69, 9.17) is 11.6 Å². The molecular weight excluding hydrogens is 208 g/mol. The Morgan fingerprint density at radius 3 is 2.64 bits per heavy atom. The fourth-order valence-corrected chi connectivity index (χ4v) is 1.18. The SMILES string of the molecule is CNC(=O)c1cc(Cl)cc([N+](=O)[O-])c1. The fourth-order valence-electron chi connectivity index (χ4n) is 0.955. The third-order valence-corrected chi connectivity index (χ3v) is 1.80. The van der Waals surface area contributed by atoms with E-state index in [1.54, 1.807) is 0 Å². The van der Waals surface area contributed by atoms with Gasteiger partial charge >= 0.3 is 0 Å². The van der Waals surface area contributed by atoms with Crippen molar-refractivity contribution >= 4 is 23.2 Å². The summed E-state index contributed by atoms with van der Waals surface area (Å²) in [5.74, 6) is -0.407. The minimum Gasteiger partial charge on any atom is -0.355 e. The second kappa shape index (κ2) is 4.06. The monoisotopic (exact) mass is 214 g/mol. The van der Waals surface area contributed by atoms with Crippen molar-refractivity contribution < 1.29 is 9.72 Å². The quantitative estimate of drug-likeness (QED) is 0.601. The number of halogens is 1. The van der Waals surface area contributed by atoms with Crippen molar-refractivity contribution in [2.75, 3.05) is 7.05 Å². The molecule has 0 radical (unpaired) electrons. The number of hydrogen-bond acceptors (Lipinski definition) is 3. The van der Waals surface area contributed by atoms with Crippen LogP contribution in [-0.2, 0) is 0 Å². The van der Waals surface area contributed by atoms with Crippen LogP contribution in [0, 0.1) is 10.1 Å². The van der Waals surface area contributed by atoms with Gasteiger partial charge < -0.3 is 5.32 Å². The maximum atomic E-state index is 11.1. The summed E-state index contributed by atoms with van der Waals surface area (Å²) in [6, 6.07) is 3.73. The number of benzene rings is 1. The van der Waals surface area contributed by atoms with Gasteiger partial charge in [-0.15, -0.1) is 0 Å². The molecule has 1 N–H and O–H groups in total. The number of carbonyl (C=O) groups excluding carboxylic acids is 1. The van der Waals surface area contributed by atoms with Crippen LogP contribution in [0.3, 0.4) is 0 Å². The molecule has 5 nitrogen and oxygen atoms in total. The van der Waals surface area contributed by atoms with E-state index in [0.717, 1.165) is 0 Å². The lowest BCUT2D eigenvalue weighted by molar-refractivity contribution is -0.384. The van der Waals surface area contributed by atoms with Gasteiger partial charge in [-0.05, 0) is 6.07 Å². The lowest BCUT2D eigenvalue weighted by atomic mass is 10.2. The average molecular weight is 215 g/mol. The van der Waals surface area contributed by atoms with E-state index >= 15 is 0 Å². The number of nitrogens with zero attached hydrogens (tertiary/aromatic N) is 1. The Kier molecular flexibility index (Phi) is 3.03. The van der Waals surface area contributed by atoms with Gasteiger partial charge in [-0.25, -0.2) is 0 Å². The molecule has 0 aromatic heterocycles. The number of rotatable bonds is 2. The summed E-state index contributed by atoms with van der Waals surface area (Å²) in [4.78, 5) is 21.0. The molecular formula is C8H7ClN2O3. The molecule has 0 aliphatic heterocycles. The number of nitrogens with one attached hydrogen (secondary N) is 1. The lowest BCUT2D eigenvalue weighted by Gasteiger charge is -2.00. The molecule has 1 aromatic carbocycles. The first-order chi connectivity index (χ1) is 6.54. The second-order valence-corrected chi connectivity index (χ2v) is 2.97. The molecule has 0 unspecified atom stereocenters. The van der Waals surface area contributed by atoms with E-state index in [2.05, 4.69) is 5.32 Å². The summed E-state index contributed by atoms with van der Waals surface area (Å²) >= 11 is 5.61. The maximum Gasteiger partial charge on any atom is 0.271 e. The minimum atomic E-state index is -0.599. The van der Waals surface area contributed by atoms with Gasteiger partial charge in [-0.2, -0.15) is 0 Å². The fraction of sp³-hybridized carbons (Fsp3) is 0.125. The Hall–Kier alpha value is -1.62. The van der Waals surface area contributed by atoms with Gasteiger partial charge in [0.05, 0.1) is 4.92 Å². The zero-order chi connectivity index (χ0) is 10.7. The van der Waals surface area contributed by atoms with Gasteiger partial charge in [0, 0.05) is 29.8 Å². The van der Waals surface area contributed by atoms with E-state index in [1.807, 2.05) is 0 Å². The molecule has 0 fully saturated rings. The third kappa shape index (κ3) is 2.20. The van der Waals surface area contributed by atoms with Crippen LogP contribution in [0.5, 0.6) is 0 Å².